The lowest BCUT2D eigenvalue weighted by molar-refractivity contribution is 0.350. The van der Waals surface area contributed by atoms with E-state index in [1.807, 2.05) is 42.5 Å². The molecule has 0 saturated carbocycles. The summed E-state index contributed by atoms with van der Waals surface area (Å²) in [5.74, 6) is -7.34. The Kier molecular flexibility index (Phi) is 5.84. The number of furan rings is 1. The Labute approximate surface area is 264 Å². The van der Waals surface area contributed by atoms with Crippen molar-refractivity contribution < 1.29 is 45.3 Å². The molecule has 1 heterocycles. The molecule has 1 aromatic heterocycles. The Morgan fingerprint density at radius 1 is 0.319 bits per heavy atom. The minimum atomic E-state index is -1.02. The minimum absolute atomic E-state index is 0.00260. The van der Waals surface area contributed by atoms with Gasteiger partial charge in [0, 0.05) is 43.4 Å². The molecule has 0 spiro atoms. The van der Waals surface area contributed by atoms with Crippen molar-refractivity contribution in [2.45, 2.75) is 0 Å². The fourth-order valence-electron chi connectivity index (χ4n) is 6.54. The van der Waals surface area contributed by atoms with E-state index in [4.69, 9.17) is 4.42 Å². The lowest BCUT2D eigenvalue weighted by Gasteiger charge is -2.22. The molecule has 0 fully saturated rings. The zero-order valence-electron chi connectivity index (χ0n) is 24.2. The molecule has 0 bridgehead atoms. The summed E-state index contributed by atoms with van der Waals surface area (Å²) in [6.45, 7) is 0. The molecule has 0 aliphatic carbocycles. The van der Waals surface area contributed by atoms with E-state index in [2.05, 4.69) is 0 Å². The van der Waals surface area contributed by atoms with Gasteiger partial charge >= 0.3 is 0 Å². The van der Waals surface area contributed by atoms with E-state index in [1.54, 1.807) is 54.6 Å². The average molecular weight is 625 g/mol. The fraction of sp³-hybridized carbons (Fsp3) is 0. The third-order valence-corrected chi connectivity index (χ3v) is 8.74. The van der Waals surface area contributed by atoms with Crippen molar-refractivity contribution in [2.75, 3.05) is 0 Å². The standard InChI is InChI=1S/C38H24O9/c39-31-27-25(18-6-2-1-3-7-18)28-30(34(42)38(46)36(44)32(28)40)26(29(27)33(41)37(45)35(31)43)19-12-10-17(11-13-19)20-14-15-24-22(16-20)21-8-4-5-9-23(21)47-24/h1-16,39-46H. The zero-order chi connectivity index (χ0) is 32.7. The van der Waals surface area contributed by atoms with Gasteiger partial charge in [-0.25, -0.2) is 0 Å². The molecule has 0 unspecified atom stereocenters. The van der Waals surface area contributed by atoms with Crippen LogP contribution in [0.5, 0.6) is 46.0 Å². The molecule has 0 aliphatic rings. The predicted molar refractivity (Wildman–Crippen MR) is 178 cm³/mol. The van der Waals surface area contributed by atoms with Gasteiger partial charge in [-0.3, -0.25) is 0 Å². The molecule has 8 N–H and O–H groups in total. The second-order valence-electron chi connectivity index (χ2n) is 11.3. The van der Waals surface area contributed by atoms with Crippen molar-refractivity contribution in [2.24, 2.45) is 0 Å². The first-order valence-corrected chi connectivity index (χ1v) is 14.5. The molecule has 0 aliphatic heterocycles. The normalized spacial score (nSPS) is 11.7. The molecule has 230 valence electrons. The van der Waals surface area contributed by atoms with Crippen LogP contribution in [0, 0.1) is 0 Å². The number of phenols is 8. The summed E-state index contributed by atoms with van der Waals surface area (Å²) in [7, 11) is 0. The van der Waals surface area contributed by atoms with Crippen LogP contribution in [0.15, 0.2) is 101 Å². The molecule has 0 saturated heterocycles. The van der Waals surface area contributed by atoms with Gasteiger partial charge in [0.25, 0.3) is 0 Å². The second kappa shape index (κ2) is 9.88. The topological polar surface area (TPSA) is 175 Å². The second-order valence-corrected chi connectivity index (χ2v) is 11.3. The highest BCUT2D eigenvalue weighted by Gasteiger charge is 2.32. The van der Waals surface area contributed by atoms with Gasteiger partial charge in [-0.1, -0.05) is 78.9 Å². The highest BCUT2D eigenvalue weighted by atomic mass is 16.4. The number of hydrogen-bond donors (Lipinski definition) is 8. The molecule has 7 aromatic carbocycles. The van der Waals surface area contributed by atoms with E-state index in [0.717, 1.165) is 33.1 Å². The van der Waals surface area contributed by atoms with Crippen LogP contribution in [-0.4, -0.2) is 40.9 Å². The van der Waals surface area contributed by atoms with Crippen LogP contribution in [0.1, 0.15) is 0 Å². The highest BCUT2D eigenvalue weighted by molar-refractivity contribution is 6.28. The molecular formula is C38H24O9. The Morgan fingerprint density at radius 3 is 1.26 bits per heavy atom. The maximum Gasteiger partial charge on any atom is 0.204 e. The van der Waals surface area contributed by atoms with Gasteiger partial charge in [-0.05, 0) is 40.5 Å². The maximum absolute atomic E-state index is 11.3. The number of aromatic hydroxyl groups is 8. The van der Waals surface area contributed by atoms with Crippen molar-refractivity contribution >= 4 is 43.5 Å². The average Bonchev–Trinajstić information content (AvgIpc) is 3.48. The van der Waals surface area contributed by atoms with Crippen LogP contribution < -0.4 is 0 Å². The van der Waals surface area contributed by atoms with Crippen LogP contribution in [0.3, 0.4) is 0 Å². The number of benzene rings is 7. The number of fused-ring (bicyclic) bond motifs is 5. The lowest BCUT2D eigenvalue weighted by Crippen LogP contribution is -1.94. The molecule has 9 nitrogen and oxygen atoms in total. The Hall–Kier alpha value is -6.74. The van der Waals surface area contributed by atoms with Gasteiger partial charge < -0.3 is 45.3 Å². The maximum atomic E-state index is 11.3. The molecule has 0 atom stereocenters. The molecular weight excluding hydrogens is 600 g/mol. The zero-order valence-corrected chi connectivity index (χ0v) is 24.2. The monoisotopic (exact) mass is 624 g/mol. The number of phenolic OH excluding ortho intramolecular Hbond substituents is 8. The van der Waals surface area contributed by atoms with Gasteiger partial charge in [0.05, 0.1) is 0 Å². The Balaban J connectivity index is 1.47. The molecule has 47 heavy (non-hydrogen) atoms. The third kappa shape index (κ3) is 3.83. The fourth-order valence-corrected chi connectivity index (χ4v) is 6.54. The number of rotatable bonds is 3. The van der Waals surface area contributed by atoms with E-state index in [9.17, 15) is 40.9 Å². The third-order valence-electron chi connectivity index (χ3n) is 8.74. The lowest BCUT2D eigenvalue weighted by atomic mass is 9.83. The van der Waals surface area contributed by atoms with E-state index in [-0.39, 0.29) is 32.7 Å². The first-order chi connectivity index (χ1) is 22.7. The van der Waals surface area contributed by atoms with Crippen LogP contribution in [-0.2, 0) is 0 Å². The Morgan fingerprint density at radius 2 is 0.723 bits per heavy atom. The van der Waals surface area contributed by atoms with E-state index in [1.165, 1.54) is 0 Å². The van der Waals surface area contributed by atoms with Crippen LogP contribution in [0.2, 0.25) is 0 Å². The van der Waals surface area contributed by atoms with Crippen molar-refractivity contribution in [1.82, 2.24) is 0 Å². The quantitative estimate of drug-likeness (QED) is 0.0544. The Bertz CT molecular complexity index is 2500. The number of hydrogen-bond acceptors (Lipinski definition) is 9. The summed E-state index contributed by atoms with van der Waals surface area (Å²) in [5, 5.41) is 89.0. The molecule has 8 rings (SSSR count). The molecule has 9 heteroatoms. The van der Waals surface area contributed by atoms with Crippen molar-refractivity contribution in [3.05, 3.63) is 97.1 Å². The minimum Gasteiger partial charge on any atom is -0.504 e. The van der Waals surface area contributed by atoms with E-state index >= 15 is 0 Å². The summed E-state index contributed by atoms with van der Waals surface area (Å²) in [6.07, 6.45) is 0. The van der Waals surface area contributed by atoms with Crippen molar-refractivity contribution in [3.8, 4) is 79.4 Å². The van der Waals surface area contributed by atoms with Crippen LogP contribution >= 0.6 is 0 Å². The van der Waals surface area contributed by atoms with Crippen LogP contribution in [0.25, 0.3) is 76.9 Å². The summed E-state index contributed by atoms with van der Waals surface area (Å²) >= 11 is 0. The van der Waals surface area contributed by atoms with Crippen molar-refractivity contribution in [1.29, 1.82) is 0 Å². The first-order valence-electron chi connectivity index (χ1n) is 14.5. The largest absolute Gasteiger partial charge is 0.504 e. The van der Waals surface area contributed by atoms with Crippen molar-refractivity contribution in [3.63, 3.8) is 0 Å². The van der Waals surface area contributed by atoms with Gasteiger partial charge in [0.2, 0.25) is 23.0 Å². The smallest absolute Gasteiger partial charge is 0.204 e. The molecule has 8 aromatic rings. The van der Waals surface area contributed by atoms with Gasteiger partial charge in [0.1, 0.15) is 11.2 Å². The SMILES string of the molecule is Oc1c(O)c(O)c2c(-c3ccc(-c4ccc5oc6ccccc6c5c4)cc3)c3c(O)c(O)c(O)c(O)c3c(-c3ccccc3)c2c1O. The number of para-hydroxylation sites is 1. The van der Waals surface area contributed by atoms with E-state index < -0.39 is 46.0 Å². The highest BCUT2D eigenvalue weighted by Crippen LogP contribution is 2.61. The van der Waals surface area contributed by atoms with Crippen LogP contribution in [0.4, 0.5) is 0 Å². The summed E-state index contributed by atoms with van der Waals surface area (Å²) < 4.78 is 5.96. The van der Waals surface area contributed by atoms with Gasteiger partial charge in [0.15, 0.2) is 23.0 Å². The summed E-state index contributed by atoms with van der Waals surface area (Å²) in [4.78, 5) is 0. The summed E-state index contributed by atoms with van der Waals surface area (Å²) in [6, 6.07) is 28.7. The summed E-state index contributed by atoms with van der Waals surface area (Å²) in [5.41, 5.74) is 3.85. The van der Waals surface area contributed by atoms with Gasteiger partial charge in [-0.15, -0.1) is 0 Å². The molecule has 0 radical (unpaired) electrons. The van der Waals surface area contributed by atoms with Gasteiger partial charge in [-0.2, -0.15) is 0 Å². The predicted octanol–water partition coefficient (Wildman–Crippen LogP) is 8.54. The first kappa shape index (κ1) is 27.8. The molecule has 0 amide bonds. The van der Waals surface area contributed by atoms with E-state index in [0.29, 0.717) is 11.1 Å².